The van der Waals surface area contributed by atoms with Crippen molar-refractivity contribution < 1.29 is 9.90 Å². The lowest BCUT2D eigenvalue weighted by Crippen LogP contribution is -2.12. The second-order valence-corrected chi connectivity index (χ2v) is 7.24. The number of aromatic amines is 1. The molecule has 2 heterocycles. The number of rotatable bonds is 5. The molecular formula is C21H19N3O2S. The number of aromatic nitrogens is 2. The van der Waals surface area contributed by atoms with Gasteiger partial charge >= 0.3 is 0 Å². The van der Waals surface area contributed by atoms with Crippen LogP contribution < -0.4 is 5.32 Å². The van der Waals surface area contributed by atoms with Crippen LogP contribution in [-0.2, 0) is 11.2 Å². The van der Waals surface area contributed by atoms with E-state index in [0.29, 0.717) is 18.0 Å². The van der Waals surface area contributed by atoms with Gasteiger partial charge in [-0.15, -0.1) is 11.3 Å². The van der Waals surface area contributed by atoms with Gasteiger partial charge in [-0.25, -0.2) is 4.98 Å². The molecule has 0 fully saturated rings. The van der Waals surface area contributed by atoms with Crippen LogP contribution in [-0.4, -0.2) is 21.0 Å². The van der Waals surface area contributed by atoms with Gasteiger partial charge in [-0.1, -0.05) is 36.4 Å². The van der Waals surface area contributed by atoms with Gasteiger partial charge in [-0.3, -0.25) is 4.79 Å². The topological polar surface area (TPSA) is 78.0 Å². The van der Waals surface area contributed by atoms with Crippen LogP contribution >= 0.6 is 11.3 Å². The number of aromatic hydroxyl groups is 1. The van der Waals surface area contributed by atoms with E-state index in [1.54, 1.807) is 12.1 Å². The van der Waals surface area contributed by atoms with Crippen molar-refractivity contribution >= 4 is 33.3 Å². The maximum atomic E-state index is 12.2. The van der Waals surface area contributed by atoms with Crippen molar-refractivity contribution in [3.63, 3.8) is 0 Å². The molecule has 4 rings (SSSR count). The molecule has 27 heavy (non-hydrogen) atoms. The van der Waals surface area contributed by atoms with Gasteiger partial charge in [0, 0.05) is 34.0 Å². The van der Waals surface area contributed by atoms with E-state index in [4.69, 9.17) is 0 Å². The maximum absolute atomic E-state index is 12.2. The number of nitrogens with one attached hydrogen (secondary N) is 2. The summed E-state index contributed by atoms with van der Waals surface area (Å²) in [6.07, 6.45) is 0.775. The molecule has 5 nitrogen and oxygen atoms in total. The van der Waals surface area contributed by atoms with Crippen LogP contribution in [0, 0.1) is 6.92 Å². The Hall–Kier alpha value is -3.12. The molecule has 0 aliphatic carbocycles. The number of benzene rings is 2. The molecule has 0 unspecified atom stereocenters. The van der Waals surface area contributed by atoms with Crippen LogP contribution in [0.15, 0.2) is 53.9 Å². The maximum Gasteiger partial charge on any atom is 0.226 e. The number of hydrogen-bond donors (Lipinski definition) is 3. The quantitative estimate of drug-likeness (QED) is 0.464. The minimum Gasteiger partial charge on any atom is -0.508 e. The molecule has 1 amide bonds. The minimum absolute atomic E-state index is 0.116. The predicted octanol–water partition coefficient (Wildman–Crippen LogP) is 4.88. The van der Waals surface area contributed by atoms with E-state index in [-0.39, 0.29) is 11.7 Å². The van der Waals surface area contributed by atoms with Gasteiger partial charge in [0.1, 0.15) is 5.75 Å². The number of carbonyl (C=O) groups is 1. The second-order valence-electron chi connectivity index (χ2n) is 6.39. The number of phenolic OH excluding ortho intramolecular Hbond substituents is 1. The summed E-state index contributed by atoms with van der Waals surface area (Å²) in [6.45, 7) is 2.03. The van der Waals surface area contributed by atoms with Crippen molar-refractivity contribution in [3.8, 4) is 17.0 Å². The fourth-order valence-corrected chi connectivity index (χ4v) is 3.92. The number of nitrogens with zero attached hydrogens (tertiary/aromatic N) is 1. The molecule has 0 saturated heterocycles. The molecule has 2 aromatic carbocycles. The molecular weight excluding hydrogens is 358 g/mol. The molecule has 6 heteroatoms. The number of fused-ring (bicyclic) bond motifs is 1. The van der Waals surface area contributed by atoms with Gasteiger partial charge < -0.3 is 15.4 Å². The molecule has 0 saturated carbocycles. The number of aryl methyl sites for hydroxylation is 2. The number of para-hydroxylation sites is 2. The van der Waals surface area contributed by atoms with E-state index in [1.807, 2.05) is 42.6 Å². The number of hydrogen-bond acceptors (Lipinski definition) is 4. The van der Waals surface area contributed by atoms with Crippen LogP contribution in [0.3, 0.4) is 0 Å². The van der Waals surface area contributed by atoms with Gasteiger partial charge in [0.15, 0.2) is 5.13 Å². The highest BCUT2D eigenvalue weighted by molar-refractivity contribution is 7.14. The Kier molecular flexibility index (Phi) is 4.64. The third-order valence-electron chi connectivity index (χ3n) is 4.51. The van der Waals surface area contributed by atoms with E-state index in [1.165, 1.54) is 11.3 Å². The highest BCUT2D eigenvalue weighted by Gasteiger charge is 2.14. The Labute approximate surface area is 160 Å². The zero-order valence-electron chi connectivity index (χ0n) is 14.8. The summed E-state index contributed by atoms with van der Waals surface area (Å²) in [6, 6.07) is 15.2. The monoisotopic (exact) mass is 377 g/mol. The summed E-state index contributed by atoms with van der Waals surface area (Å²) in [7, 11) is 0. The second kappa shape index (κ2) is 7.25. The summed E-state index contributed by atoms with van der Waals surface area (Å²) in [5.41, 5.74) is 4.81. The van der Waals surface area contributed by atoms with Gasteiger partial charge in [0.2, 0.25) is 5.91 Å². The van der Waals surface area contributed by atoms with Crippen molar-refractivity contribution in [2.75, 3.05) is 5.32 Å². The van der Waals surface area contributed by atoms with Crippen molar-refractivity contribution in [2.24, 2.45) is 0 Å². The van der Waals surface area contributed by atoms with Crippen molar-refractivity contribution in [1.29, 1.82) is 0 Å². The highest BCUT2D eigenvalue weighted by Crippen LogP contribution is 2.33. The Morgan fingerprint density at radius 1 is 1.19 bits per heavy atom. The zero-order valence-corrected chi connectivity index (χ0v) is 15.6. The van der Waals surface area contributed by atoms with Crippen molar-refractivity contribution in [3.05, 3.63) is 65.2 Å². The standard InChI is InChI=1S/C21H19N3O2S/c1-13-20(15-7-3-4-8-16(15)22-13)17-12-27-21(23-17)24-19(26)11-10-14-6-2-5-9-18(14)25/h2-9,12,22,25H,10-11H2,1H3,(H,23,24,26). The molecule has 0 aliphatic heterocycles. The summed E-state index contributed by atoms with van der Waals surface area (Å²) in [5.74, 6) is 0.103. The molecule has 4 aromatic rings. The Balaban J connectivity index is 1.47. The molecule has 0 bridgehead atoms. The molecule has 3 N–H and O–H groups in total. The summed E-state index contributed by atoms with van der Waals surface area (Å²) < 4.78 is 0. The summed E-state index contributed by atoms with van der Waals surface area (Å²) >= 11 is 1.41. The number of amides is 1. The van der Waals surface area contributed by atoms with Crippen LogP contribution in [0.5, 0.6) is 5.75 Å². The fraction of sp³-hybridized carbons (Fsp3) is 0.143. The fourth-order valence-electron chi connectivity index (χ4n) is 3.20. The first-order chi connectivity index (χ1) is 13.1. The Morgan fingerprint density at radius 2 is 1.96 bits per heavy atom. The first kappa shape index (κ1) is 17.3. The molecule has 0 atom stereocenters. The third kappa shape index (κ3) is 3.57. The van der Waals surface area contributed by atoms with Gasteiger partial charge in [0.25, 0.3) is 0 Å². The molecule has 0 aliphatic rings. The van der Waals surface area contributed by atoms with E-state index in [0.717, 1.165) is 33.4 Å². The van der Waals surface area contributed by atoms with E-state index >= 15 is 0 Å². The van der Waals surface area contributed by atoms with Crippen LogP contribution in [0.2, 0.25) is 0 Å². The molecule has 2 aromatic heterocycles. The number of thiazole rings is 1. The number of phenols is 1. The zero-order chi connectivity index (χ0) is 18.8. The number of anilines is 1. The van der Waals surface area contributed by atoms with Crippen LogP contribution in [0.1, 0.15) is 17.7 Å². The van der Waals surface area contributed by atoms with Crippen LogP contribution in [0.25, 0.3) is 22.2 Å². The molecule has 0 spiro atoms. The van der Waals surface area contributed by atoms with E-state index < -0.39 is 0 Å². The van der Waals surface area contributed by atoms with Gasteiger partial charge in [-0.05, 0) is 31.0 Å². The lowest BCUT2D eigenvalue weighted by atomic mass is 10.1. The summed E-state index contributed by atoms with van der Waals surface area (Å²) in [5, 5.41) is 16.3. The molecule has 0 radical (unpaired) electrons. The largest absolute Gasteiger partial charge is 0.508 e. The molecule has 136 valence electrons. The smallest absolute Gasteiger partial charge is 0.226 e. The SMILES string of the molecule is Cc1[nH]c2ccccc2c1-c1csc(NC(=O)CCc2ccccc2O)n1. The highest BCUT2D eigenvalue weighted by atomic mass is 32.1. The first-order valence-corrected chi connectivity index (χ1v) is 9.59. The van der Waals surface area contributed by atoms with Crippen LogP contribution in [0.4, 0.5) is 5.13 Å². The minimum atomic E-state index is -0.116. The van der Waals surface area contributed by atoms with E-state index in [2.05, 4.69) is 21.4 Å². The van der Waals surface area contributed by atoms with Crippen molar-refractivity contribution in [2.45, 2.75) is 19.8 Å². The third-order valence-corrected chi connectivity index (χ3v) is 5.27. The lowest BCUT2D eigenvalue weighted by Gasteiger charge is -2.04. The Bertz CT molecular complexity index is 1110. The predicted molar refractivity (Wildman–Crippen MR) is 109 cm³/mol. The number of carbonyl (C=O) groups excluding carboxylic acids is 1. The van der Waals surface area contributed by atoms with Crippen molar-refractivity contribution in [1.82, 2.24) is 9.97 Å². The average Bonchev–Trinajstić information content (AvgIpc) is 3.23. The average molecular weight is 377 g/mol. The van der Waals surface area contributed by atoms with Gasteiger partial charge in [-0.2, -0.15) is 0 Å². The summed E-state index contributed by atoms with van der Waals surface area (Å²) in [4.78, 5) is 20.2. The first-order valence-electron chi connectivity index (χ1n) is 8.72. The van der Waals surface area contributed by atoms with Gasteiger partial charge in [0.05, 0.1) is 5.69 Å². The Morgan fingerprint density at radius 3 is 2.81 bits per heavy atom. The lowest BCUT2D eigenvalue weighted by molar-refractivity contribution is -0.116. The van der Waals surface area contributed by atoms with E-state index in [9.17, 15) is 9.90 Å². The number of H-pyrrole nitrogens is 1. The normalized spacial score (nSPS) is 11.0.